The van der Waals surface area contributed by atoms with Crippen molar-refractivity contribution in [2.24, 2.45) is 0 Å². The summed E-state index contributed by atoms with van der Waals surface area (Å²) in [5.41, 5.74) is 2.24. The summed E-state index contributed by atoms with van der Waals surface area (Å²) in [6, 6.07) is 15.1. The fourth-order valence-electron chi connectivity index (χ4n) is 3.74. The second-order valence-electron chi connectivity index (χ2n) is 7.37. The molecule has 0 aliphatic heterocycles. The molecule has 2 N–H and O–H groups in total. The number of nitrogens with zero attached hydrogens (tertiary/aromatic N) is 1. The normalized spacial score (nSPS) is 11.8. The Morgan fingerprint density at radius 2 is 1.15 bits per heavy atom. The lowest BCUT2D eigenvalue weighted by atomic mass is 9.73. The van der Waals surface area contributed by atoms with E-state index in [2.05, 4.69) is 25.7 Å². The van der Waals surface area contributed by atoms with Crippen LogP contribution in [0.15, 0.2) is 48.5 Å². The molecule has 2 aromatic rings. The SMILES string of the molecule is CCCN(CCC)CCCC(C)(c1ccc(O)cc1)c1ccc(O)cc1. The summed E-state index contributed by atoms with van der Waals surface area (Å²) in [6.45, 7) is 10.1. The molecule has 2 aromatic carbocycles. The predicted octanol–water partition coefficient (Wildman–Crippen LogP) is 5.31. The molecule has 3 nitrogen and oxygen atoms in total. The van der Waals surface area contributed by atoms with Crippen molar-refractivity contribution in [3.8, 4) is 11.5 Å². The minimum absolute atomic E-state index is 0.147. The Bertz CT molecular complexity index is 597. The molecule has 3 heteroatoms. The number of hydrogen-bond donors (Lipinski definition) is 2. The van der Waals surface area contributed by atoms with Gasteiger partial charge in [-0.25, -0.2) is 0 Å². The summed E-state index contributed by atoms with van der Waals surface area (Å²) in [7, 11) is 0. The summed E-state index contributed by atoms with van der Waals surface area (Å²) in [4.78, 5) is 2.55. The maximum absolute atomic E-state index is 9.66. The Morgan fingerprint density at radius 3 is 1.54 bits per heavy atom. The zero-order valence-corrected chi connectivity index (χ0v) is 16.4. The average molecular weight is 356 g/mol. The first-order valence-corrected chi connectivity index (χ1v) is 9.81. The Kier molecular flexibility index (Phi) is 7.52. The maximum Gasteiger partial charge on any atom is 0.115 e. The van der Waals surface area contributed by atoms with Gasteiger partial charge < -0.3 is 15.1 Å². The second kappa shape index (κ2) is 9.63. The summed E-state index contributed by atoms with van der Waals surface area (Å²) in [5, 5.41) is 19.3. The first-order valence-electron chi connectivity index (χ1n) is 9.81. The molecule has 0 saturated heterocycles. The molecule has 0 saturated carbocycles. The van der Waals surface area contributed by atoms with Crippen LogP contribution in [0.2, 0.25) is 0 Å². The fourth-order valence-corrected chi connectivity index (χ4v) is 3.74. The Morgan fingerprint density at radius 1 is 0.731 bits per heavy atom. The minimum atomic E-state index is -0.147. The topological polar surface area (TPSA) is 43.7 Å². The van der Waals surface area contributed by atoms with Crippen LogP contribution in [0.25, 0.3) is 0 Å². The maximum atomic E-state index is 9.66. The molecular weight excluding hydrogens is 322 g/mol. The molecule has 0 atom stereocenters. The highest BCUT2D eigenvalue weighted by atomic mass is 16.3. The molecule has 2 rings (SSSR count). The second-order valence-corrected chi connectivity index (χ2v) is 7.37. The minimum Gasteiger partial charge on any atom is -0.508 e. The van der Waals surface area contributed by atoms with Crippen molar-refractivity contribution in [2.75, 3.05) is 19.6 Å². The van der Waals surface area contributed by atoms with Crippen molar-refractivity contribution in [1.29, 1.82) is 0 Å². The number of rotatable bonds is 10. The van der Waals surface area contributed by atoms with Crippen LogP contribution in [0.1, 0.15) is 57.6 Å². The van der Waals surface area contributed by atoms with E-state index >= 15 is 0 Å². The third kappa shape index (κ3) is 5.25. The molecule has 0 aromatic heterocycles. The Labute approximate surface area is 158 Å². The van der Waals surface area contributed by atoms with E-state index in [0.717, 1.165) is 32.5 Å². The number of aromatic hydroxyl groups is 2. The summed E-state index contributed by atoms with van der Waals surface area (Å²) < 4.78 is 0. The van der Waals surface area contributed by atoms with Gasteiger partial charge in [0.15, 0.2) is 0 Å². The van der Waals surface area contributed by atoms with Crippen molar-refractivity contribution in [3.63, 3.8) is 0 Å². The van der Waals surface area contributed by atoms with Crippen molar-refractivity contribution in [2.45, 2.75) is 51.9 Å². The van der Waals surface area contributed by atoms with Gasteiger partial charge in [-0.05, 0) is 80.7 Å². The van der Waals surface area contributed by atoms with E-state index in [4.69, 9.17) is 0 Å². The lowest BCUT2D eigenvalue weighted by Gasteiger charge is -2.32. The van der Waals surface area contributed by atoms with Gasteiger partial charge in [0.1, 0.15) is 11.5 Å². The largest absolute Gasteiger partial charge is 0.508 e. The molecular formula is C23H33NO2. The average Bonchev–Trinajstić information content (AvgIpc) is 2.63. The molecule has 142 valence electrons. The van der Waals surface area contributed by atoms with Gasteiger partial charge in [0.25, 0.3) is 0 Å². The third-order valence-corrected chi connectivity index (χ3v) is 5.24. The Balaban J connectivity index is 2.20. The quantitative estimate of drug-likeness (QED) is 0.607. The van der Waals surface area contributed by atoms with E-state index in [9.17, 15) is 10.2 Å². The van der Waals surface area contributed by atoms with Gasteiger partial charge in [0.05, 0.1) is 0 Å². The van der Waals surface area contributed by atoms with Gasteiger partial charge in [-0.2, -0.15) is 0 Å². The van der Waals surface area contributed by atoms with Crippen LogP contribution in [-0.2, 0) is 5.41 Å². The van der Waals surface area contributed by atoms with E-state index in [0.29, 0.717) is 11.5 Å². The summed E-state index contributed by atoms with van der Waals surface area (Å²) >= 11 is 0. The van der Waals surface area contributed by atoms with E-state index in [1.165, 1.54) is 24.0 Å². The van der Waals surface area contributed by atoms with Crippen molar-refractivity contribution < 1.29 is 10.2 Å². The highest BCUT2D eigenvalue weighted by molar-refractivity contribution is 5.42. The van der Waals surface area contributed by atoms with Crippen molar-refractivity contribution >= 4 is 0 Å². The van der Waals surface area contributed by atoms with Crippen LogP contribution in [0.4, 0.5) is 0 Å². The molecule has 0 radical (unpaired) electrons. The van der Waals surface area contributed by atoms with Crippen LogP contribution >= 0.6 is 0 Å². The van der Waals surface area contributed by atoms with Gasteiger partial charge in [-0.15, -0.1) is 0 Å². The summed E-state index contributed by atoms with van der Waals surface area (Å²) in [5.74, 6) is 0.581. The number of phenolic OH excluding ortho intramolecular Hbond substituents is 2. The van der Waals surface area contributed by atoms with Crippen LogP contribution < -0.4 is 0 Å². The zero-order chi connectivity index (χ0) is 19.0. The molecule has 0 spiro atoms. The summed E-state index contributed by atoms with van der Waals surface area (Å²) in [6.07, 6.45) is 4.51. The van der Waals surface area contributed by atoms with Crippen LogP contribution in [0.3, 0.4) is 0 Å². The molecule has 0 aliphatic rings. The fraction of sp³-hybridized carbons (Fsp3) is 0.478. The Hall–Kier alpha value is -2.00. The van der Waals surface area contributed by atoms with Crippen LogP contribution in [0.5, 0.6) is 11.5 Å². The van der Waals surface area contributed by atoms with E-state index in [1.54, 1.807) is 24.3 Å². The van der Waals surface area contributed by atoms with E-state index in [-0.39, 0.29) is 5.41 Å². The highest BCUT2D eigenvalue weighted by Gasteiger charge is 2.28. The zero-order valence-electron chi connectivity index (χ0n) is 16.4. The predicted molar refractivity (Wildman–Crippen MR) is 109 cm³/mol. The number of phenols is 2. The van der Waals surface area contributed by atoms with Crippen molar-refractivity contribution in [3.05, 3.63) is 59.7 Å². The van der Waals surface area contributed by atoms with E-state index < -0.39 is 0 Å². The van der Waals surface area contributed by atoms with Crippen LogP contribution in [0, 0.1) is 0 Å². The lowest BCUT2D eigenvalue weighted by Crippen LogP contribution is -2.29. The molecule has 0 unspecified atom stereocenters. The van der Waals surface area contributed by atoms with Crippen LogP contribution in [-0.4, -0.2) is 34.7 Å². The standard InChI is InChI=1S/C23H33NO2/c1-4-16-24(17-5-2)18-6-15-23(3,19-7-11-21(25)12-8-19)20-9-13-22(26)14-10-20/h7-14,25-26H,4-6,15-18H2,1-3H3. The third-order valence-electron chi connectivity index (χ3n) is 5.24. The van der Waals surface area contributed by atoms with E-state index in [1.807, 2.05) is 24.3 Å². The molecule has 0 amide bonds. The molecule has 0 aliphatic carbocycles. The van der Waals surface area contributed by atoms with Gasteiger partial charge in [0, 0.05) is 5.41 Å². The molecule has 0 fully saturated rings. The van der Waals surface area contributed by atoms with Gasteiger partial charge in [-0.1, -0.05) is 45.0 Å². The lowest BCUT2D eigenvalue weighted by molar-refractivity contribution is 0.261. The first kappa shape index (κ1) is 20.3. The number of hydrogen-bond acceptors (Lipinski definition) is 3. The van der Waals surface area contributed by atoms with Gasteiger partial charge in [0.2, 0.25) is 0 Å². The molecule has 0 bridgehead atoms. The highest BCUT2D eigenvalue weighted by Crippen LogP contribution is 2.37. The monoisotopic (exact) mass is 355 g/mol. The number of benzene rings is 2. The molecule has 26 heavy (non-hydrogen) atoms. The van der Waals surface area contributed by atoms with Crippen molar-refractivity contribution in [1.82, 2.24) is 4.90 Å². The molecule has 0 heterocycles. The first-order chi connectivity index (χ1) is 12.5. The van der Waals surface area contributed by atoms with Gasteiger partial charge >= 0.3 is 0 Å². The smallest absolute Gasteiger partial charge is 0.115 e. The van der Waals surface area contributed by atoms with Gasteiger partial charge in [-0.3, -0.25) is 0 Å².